The maximum absolute atomic E-state index is 11.7. The fraction of sp³-hybridized carbons (Fsp3) is 0.625. The van der Waals surface area contributed by atoms with Gasteiger partial charge < -0.3 is 20.9 Å². The predicted molar refractivity (Wildman–Crippen MR) is 50.3 cm³/mol. The summed E-state index contributed by atoms with van der Waals surface area (Å²) < 4.78 is 39.0. The zero-order valence-corrected chi connectivity index (χ0v) is 8.99. The van der Waals surface area contributed by atoms with Gasteiger partial charge in [0.1, 0.15) is 19.3 Å². The molecule has 0 aliphatic heterocycles. The first kappa shape index (κ1) is 16.2. The number of aliphatic carboxylic acids is 1. The van der Waals surface area contributed by atoms with E-state index < -0.39 is 49.6 Å². The van der Waals surface area contributed by atoms with Gasteiger partial charge in [-0.15, -0.1) is 0 Å². The lowest BCUT2D eigenvalue weighted by Gasteiger charge is -2.13. The monoisotopic (exact) mass is 272 g/mol. The van der Waals surface area contributed by atoms with Crippen molar-refractivity contribution in [2.75, 3.05) is 13.2 Å². The number of amides is 2. The van der Waals surface area contributed by atoms with E-state index in [4.69, 9.17) is 10.8 Å². The van der Waals surface area contributed by atoms with Crippen molar-refractivity contribution in [1.29, 1.82) is 0 Å². The second-order valence-electron chi connectivity index (χ2n) is 3.24. The van der Waals surface area contributed by atoms with E-state index in [1.807, 2.05) is 0 Å². The largest absolute Gasteiger partial charge is 0.480 e. The minimum absolute atomic E-state index is 0.666. The van der Waals surface area contributed by atoms with Gasteiger partial charge in [0.05, 0.1) is 6.42 Å². The third kappa shape index (κ3) is 8.33. The molecule has 1 unspecified atom stereocenters. The fourth-order valence-corrected chi connectivity index (χ4v) is 0.897. The van der Waals surface area contributed by atoms with Crippen LogP contribution in [0.25, 0.3) is 0 Å². The van der Waals surface area contributed by atoms with Gasteiger partial charge in [-0.05, 0) is 0 Å². The van der Waals surface area contributed by atoms with Crippen molar-refractivity contribution in [3.05, 3.63) is 0 Å². The van der Waals surface area contributed by atoms with Gasteiger partial charge in [0.25, 0.3) is 0 Å². The minimum Gasteiger partial charge on any atom is -0.480 e. The molecule has 0 fully saturated rings. The number of carboxylic acids is 1. The van der Waals surface area contributed by atoms with Crippen LogP contribution in [-0.2, 0) is 19.1 Å². The highest BCUT2D eigenvalue weighted by Gasteiger charge is 2.28. The van der Waals surface area contributed by atoms with Crippen molar-refractivity contribution in [2.24, 2.45) is 5.73 Å². The number of carbonyl (C=O) groups excluding carboxylic acids is 2. The van der Waals surface area contributed by atoms with Gasteiger partial charge in [-0.2, -0.15) is 13.2 Å². The van der Waals surface area contributed by atoms with Crippen LogP contribution in [0.3, 0.4) is 0 Å². The molecule has 1 atom stereocenters. The van der Waals surface area contributed by atoms with Crippen LogP contribution in [0.2, 0.25) is 0 Å². The summed E-state index contributed by atoms with van der Waals surface area (Å²) in [7, 11) is 0. The zero-order chi connectivity index (χ0) is 14.3. The maximum atomic E-state index is 11.7. The van der Waals surface area contributed by atoms with Crippen molar-refractivity contribution >= 4 is 17.8 Å². The molecule has 0 saturated heterocycles. The fourth-order valence-electron chi connectivity index (χ4n) is 0.897. The summed E-state index contributed by atoms with van der Waals surface area (Å²) in [6.07, 6.45) is -5.25. The van der Waals surface area contributed by atoms with E-state index in [1.165, 1.54) is 0 Å². The Bertz CT molecular complexity index is 331. The third-order valence-electron chi connectivity index (χ3n) is 1.54. The first-order valence-corrected chi connectivity index (χ1v) is 4.57. The molecular formula is C8H11F3N2O5. The lowest BCUT2D eigenvalue weighted by atomic mass is 10.2. The quantitative estimate of drug-likeness (QED) is 0.550. The highest BCUT2D eigenvalue weighted by atomic mass is 19.4. The van der Waals surface area contributed by atoms with E-state index in [1.54, 1.807) is 5.32 Å². The Balaban J connectivity index is 4.11. The van der Waals surface area contributed by atoms with Crippen molar-refractivity contribution in [3.63, 3.8) is 0 Å². The number of rotatable bonds is 7. The van der Waals surface area contributed by atoms with E-state index in [9.17, 15) is 27.6 Å². The molecule has 0 aliphatic rings. The van der Waals surface area contributed by atoms with Crippen LogP contribution >= 0.6 is 0 Å². The topological polar surface area (TPSA) is 119 Å². The Hall–Kier alpha value is -1.84. The standard InChI is InChI=1S/C8H11F3N2O5/c9-8(10,11)3-18-2-6(15)13-4(7(16)17)1-5(12)14/h4H,1-3H2,(H2,12,14)(H,13,15)(H,16,17). The third-order valence-corrected chi connectivity index (χ3v) is 1.54. The zero-order valence-electron chi connectivity index (χ0n) is 8.99. The van der Waals surface area contributed by atoms with Crippen LogP contribution in [0, 0.1) is 0 Å². The Labute approximate surface area is 99.1 Å². The lowest BCUT2D eigenvalue weighted by molar-refractivity contribution is -0.176. The Morgan fingerprint density at radius 2 is 1.89 bits per heavy atom. The van der Waals surface area contributed by atoms with Crippen molar-refractivity contribution in [1.82, 2.24) is 5.32 Å². The van der Waals surface area contributed by atoms with Crippen LogP contribution in [-0.4, -0.2) is 48.3 Å². The van der Waals surface area contributed by atoms with Gasteiger partial charge in [0, 0.05) is 0 Å². The Morgan fingerprint density at radius 3 is 2.28 bits per heavy atom. The summed E-state index contributed by atoms with van der Waals surface area (Å²) >= 11 is 0. The van der Waals surface area contributed by atoms with Crippen molar-refractivity contribution in [2.45, 2.75) is 18.6 Å². The number of carbonyl (C=O) groups is 3. The summed E-state index contributed by atoms with van der Waals surface area (Å²) in [6, 6.07) is -1.59. The van der Waals surface area contributed by atoms with Crippen LogP contribution in [0.1, 0.15) is 6.42 Å². The van der Waals surface area contributed by atoms with Crippen LogP contribution < -0.4 is 11.1 Å². The van der Waals surface area contributed by atoms with E-state index in [-0.39, 0.29) is 0 Å². The molecule has 2 amide bonds. The van der Waals surface area contributed by atoms with Crippen molar-refractivity contribution in [3.8, 4) is 0 Å². The molecule has 0 aliphatic carbocycles. The highest BCUT2D eigenvalue weighted by Crippen LogP contribution is 2.14. The molecule has 7 nitrogen and oxygen atoms in total. The molecule has 0 rings (SSSR count). The van der Waals surface area contributed by atoms with E-state index in [2.05, 4.69) is 4.74 Å². The van der Waals surface area contributed by atoms with E-state index in [0.717, 1.165) is 0 Å². The molecule has 0 spiro atoms. The van der Waals surface area contributed by atoms with Gasteiger partial charge in [-0.3, -0.25) is 9.59 Å². The molecule has 4 N–H and O–H groups in total. The number of primary amides is 1. The minimum atomic E-state index is -4.58. The Morgan fingerprint density at radius 1 is 1.33 bits per heavy atom. The van der Waals surface area contributed by atoms with E-state index >= 15 is 0 Å². The number of ether oxygens (including phenoxy) is 1. The molecule has 10 heteroatoms. The maximum Gasteiger partial charge on any atom is 0.411 e. The average Bonchev–Trinajstić information content (AvgIpc) is 2.13. The SMILES string of the molecule is NC(=O)CC(NC(=O)COCC(F)(F)F)C(=O)O. The van der Waals surface area contributed by atoms with Gasteiger partial charge in [0.15, 0.2) is 0 Å². The summed E-state index contributed by atoms with van der Waals surface area (Å²) in [6.45, 7) is -2.60. The second kappa shape index (κ2) is 6.79. The number of hydrogen-bond acceptors (Lipinski definition) is 4. The number of hydrogen-bond donors (Lipinski definition) is 3. The summed E-state index contributed by atoms with van der Waals surface area (Å²) in [4.78, 5) is 32.0. The molecule has 104 valence electrons. The van der Waals surface area contributed by atoms with Crippen LogP contribution in [0.5, 0.6) is 0 Å². The average molecular weight is 272 g/mol. The number of alkyl halides is 3. The van der Waals surface area contributed by atoms with Crippen LogP contribution in [0.4, 0.5) is 13.2 Å². The molecule has 0 bridgehead atoms. The summed E-state index contributed by atoms with van der Waals surface area (Å²) in [5.74, 6) is -3.59. The molecule has 0 heterocycles. The smallest absolute Gasteiger partial charge is 0.411 e. The normalized spacial score (nSPS) is 12.8. The molecule has 0 saturated carbocycles. The first-order chi connectivity index (χ1) is 8.11. The van der Waals surface area contributed by atoms with Gasteiger partial charge in [0.2, 0.25) is 11.8 Å². The molecule has 0 radical (unpaired) electrons. The lowest BCUT2D eigenvalue weighted by Crippen LogP contribution is -2.44. The summed E-state index contributed by atoms with van der Waals surface area (Å²) in [5, 5.41) is 10.4. The number of carboxylic acid groups (broad SMARTS) is 1. The second-order valence-corrected chi connectivity index (χ2v) is 3.24. The Kier molecular flexibility index (Phi) is 6.09. The van der Waals surface area contributed by atoms with Gasteiger partial charge >= 0.3 is 12.1 Å². The first-order valence-electron chi connectivity index (χ1n) is 4.57. The number of halogens is 3. The van der Waals surface area contributed by atoms with Crippen molar-refractivity contribution < 1.29 is 37.4 Å². The summed E-state index contributed by atoms with van der Waals surface area (Å²) in [5.41, 5.74) is 4.73. The highest BCUT2D eigenvalue weighted by molar-refractivity contribution is 5.88. The number of nitrogens with two attached hydrogens (primary N) is 1. The number of nitrogens with one attached hydrogen (secondary N) is 1. The van der Waals surface area contributed by atoms with Gasteiger partial charge in [-0.1, -0.05) is 0 Å². The molecule has 0 aromatic carbocycles. The van der Waals surface area contributed by atoms with Crippen LogP contribution in [0.15, 0.2) is 0 Å². The molecule has 0 aromatic rings. The molecule has 0 aromatic heterocycles. The predicted octanol–water partition coefficient (Wildman–Crippen LogP) is -0.990. The van der Waals surface area contributed by atoms with Gasteiger partial charge in [-0.25, -0.2) is 4.79 Å². The molecular weight excluding hydrogens is 261 g/mol. The molecule has 18 heavy (non-hydrogen) atoms. The van der Waals surface area contributed by atoms with E-state index in [0.29, 0.717) is 0 Å².